The van der Waals surface area contributed by atoms with Crippen molar-refractivity contribution in [2.75, 3.05) is 51.2 Å². The van der Waals surface area contributed by atoms with Gasteiger partial charge in [0, 0.05) is 52.2 Å². The summed E-state index contributed by atoms with van der Waals surface area (Å²) in [6, 6.07) is 4.03. The average molecular weight is 354 g/mol. The van der Waals surface area contributed by atoms with Gasteiger partial charge in [0.25, 0.3) is 5.91 Å². The lowest BCUT2D eigenvalue weighted by molar-refractivity contribution is 0.0637. The molecule has 138 valence electrons. The van der Waals surface area contributed by atoms with Gasteiger partial charge in [-0.1, -0.05) is 6.92 Å². The molecule has 7 heteroatoms. The summed E-state index contributed by atoms with van der Waals surface area (Å²) in [4.78, 5) is 31.6. The van der Waals surface area contributed by atoms with Gasteiger partial charge in [0.1, 0.15) is 11.5 Å². The summed E-state index contributed by atoms with van der Waals surface area (Å²) in [5.74, 6) is 0.741. The van der Waals surface area contributed by atoms with Crippen LogP contribution in [0.5, 0.6) is 0 Å². The van der Waals surface area contributed by atoms with Crippen LogP contribution in [0.25, 0.3) is 0 Å². The SMILES string of the molecule is CCN1CCN(C(=O)c2cnc(N(C)CCc3ccncc3)cn2)CC1. The summed E-state index contributed by atoms with van der Waals surface area (Å²) in [6.07, 6.45) is 7.78. The summed E-state index contributed by atoms with van der Waals surface area (Å²) in [5, 5.41) is 0. The van der Waals surface area contributed by atoms with Crippen molar-refractivity contribution < 1.29 is 4.79 Å². The molecule has 1 aliphatic rings. The molecule has 0 atom stereocenters. The van der Waals surface area contributed by atoms with Gasteiger partial charge in [-0.15, -0.1) is 0 Å². The number of hydrogen-bond donors (Lipinski definition) is 0. The van der Waals surface area contributed by atoms with Crippen LogP contribution in [0.3, 0.4) is 0 Å². The van der Waals surface area contributed by atoms with Gasteiger partial charge in [-0.3, -0.25) is 9.78 Å². The number of hydrogen-bond acceptors (Lipinski definition) is 6. The van der Waals surface area contributed by atoms with E-state index in [9.17, 15) is 4.79 Å². The Morgan fingerprint density at radius 2 is 1.85 bits per heavy atom. The van der Waals surface area contributed by atoms with Crippen molar-refractivity contribution >= 4 is 11.7 Å². The molecule has 0 radical (unpaired) electrons. The lowest BCUT2D eigenvalue weighted by Crippen LogP contribution is -2.48. The second-order valence-electron chi connectivity index (χ2n) is 6.51. The highest BCUT2D eigenvalue weighted by Crippen LogP contribution is 2.11. The zero-order valence-corrected chi connectivity index (χ0v) is 15.5. The van der Waals surface area contributed by atoms with Gasteiger partial charge >= 0.3 is 0 Å². The maximum Gasteiger partial charge on any atom is 0.274 e. The molecule has 2 aromatic rings. The van der Waals surface area contributed by atoms with Crippen molar-refractivity contribution in [2.24, 2.45) is 0 Å². The molecule has 0 saturated carbocycles. The van der Waals surface area contributed by atoms with E-state index in [2.05, 4.69) is 26.8 Å². The predicted molar refractivity (Wildman–Crippen MR) is 101 cm³/mol. The topological polar surface area (TPSA) is 65.5 Å². The van der Waals surface area contributed by atoms with E-state index in [-0.39, 0.29) is 5.91 Å². The number of nitrogens with zero attached hydrogens (tertiary/aromatic N) is 6. The Bertz CT molecular complexity index is 698. The standard InChI is InChI=1S/C19H26N6O/c1-3-24-10-12-25(13-11-24)19(26)17-14-22-18(15-21-17)23(2)9-6-16-4-7-20-8-5-16/h4-5,7-8,14-15H,3,6,9-13H2,1-2H3. The first-order valence-corrected chi connectivity index (χ1v) is 9.11. The highest BCUT2D eigenvalue weighted by Gasteiger charge is 2.22. The van der Waals surface area contributed by atoms with Gasteiger partial charge in [0.05, 0.1) is 12.4 Å². The molecule has 7 nitrogen and oxygen atoms in total. The van der Waals surface area contributed by atoms with E-state index in [1.165, 1.54) is 5.56 Å². The number of carbonyl (C=O) groups is 1. The molecule has 1 saturated heterocycles. The van der Waals surface area contributed by atoms with Gasteiger partial charge in [-0.2, -0.15) is 0 Å². The molecule has 1 fully saturated rings. The average Bonchev–Trinajstić information content (AvgIpc) is 2.72. The minimum absolute atomic E-state index is 0.0285. The minimum Gasteiger partial charge on any atom is -0.358 e. The summed E-state index contributed by atoms with van der Waals surface area (Å²) in [5.41, 5.74) is 1.65. The summed E-state index contributed by atoms with van der Waals surface area (Å²) in [7, 11) is 1.98. The van der Waals surface area contributed by atoms with Crippen LogP contribution in [0.4, 0.5) is 5.82 Å². The smallest absolute Gasteiger partial charge is 0.274 e. The lowest BCUT2D eigenvalue weighted by Gasteiger charge is -2.33. The van der Waals surface area contributed by atoms with E-state index in [1.54, 1.807) is 24.8 Å². The Hall–Kier alpha value is -2.54. The zero-order chi connectivity index (χ0) is 18.4. The molecule has 0 unspecified atom stereocenters. The monoisotopic (exact) mass is 354 g/mol. The van der Waals surface area contributed by atoms with Crippen molar-refractivity contribution in [3.05, 3.63) is 48.2 Å². The predicted octanol–water partition coefficient (Wildman–Crippen LogP) is 1.33. The minimum atomic E-state index is -0.0285. The molecule has 3 heterocycles. The summed E-state index contributed by atoms with van der Waals surface area (Å²) >= 11 is 0. The third-order valence-corrected chi connectivity index (χ3v) is 4.84. The Labute approximate surface area is 154 Å². The highest BCUT2D eigenvalue weighted by molar-refractivity contribution is 5.92. The molecule has 1 aliphatic heterocycles. The van der Waals surface area contributed by atoms with Crippen molar-refractivity contribution in [2.45, 2.75) is 13.3 Å². The highest BCUT2D eigenvalue weighted by atomic mass is 16.2. The molecular formula is C19H26N6O. The molecule has 26 heavy (non-hydrogen) atoms. The molecule has 0 aliphatic carbocycles. The van der Waals surface area contributed by atoms with Crippen LogP contribution in [0, 0.1) is 0 Å². The second-order valence-corrected chi connectivity index (χ2v) is 6.51. The van der Waals surface area contributed by atoms with Crippen LogP contribution in [-0.2, 0) is 6.42 Å². The first kappa shape index (κ1) is 18.3. The van der Waals surface area contributed by atoms with E-state index in [1.807, 2.05) is 29.0 Å². The van der Waals surface area contributed by atoms with Gasteiger partial charge in [-0.25, -0.2) is 9.97 Å². The quantitative estimate of drug-likeness (QED) is 0.780. The van der Waals surface area contributed by atoms with E-state index < -0.39 is 0 Å². The summed E-state index contributed by atoms with van der Waals surface area (Å²) < 4.78 is 0. The Balaban J connectivity index is 1.55. The number of pyridine rings is 1. The van der Waals surface area contributed by atoms with Gasteiger partial charge < -0.3 is 14.7 Å². The molecule has 0 aromatic carbocycles. The number of aromatic nitrogens is 3. The molecule has 1 amide bonds. The number of anilines is 1. The van der Waals surface area contributed by atoms with Crippen molar-refractivity contribution in [1.82, 2.24) is 24.8 Å². The molecular weight excluding hydrogens is 328 g/mol. The second kappa shape index (κ2) is 8.71. The number of piperazine rings is 1. The molecule has 0 bridgehead atoms. The van der Waals surface area contributed by atoms with Crippen molar-refractivity contribution in [1.29, 1.82) is 0 Å². The van der Waals surface area contributed by atoms with E-state index in [0.717, 1.165) is 51.5 Å². The van der Waals surface area contributed by atoms with E-state index >= 15 is 0 Å². The summed E-state index contributed by atoms with van der Waals surface area (Å²) in [6.45, 7) is 7.35. The lowest BCUT2D eigenvalue weighted by atomic mass is 10.2. The van der Waals surface area contributed by atoms with Gasteiger partial charge in [0.15, 0.2) is 0 Å². The normalized spacial score (nSPS) is 15.1. The molecule has 3 rings (SSSR count). The maximum absolute atomic E-state index is 12.6. The largest absolute Gasteiger partial charge is 0.358 e. The number of likely N-dealkylation sites (N-methyl/N-ethyl adjacent to an activating group) is 2. The fourth-order valence-corrected chi connectivity index (χ4v) is 3.02. The third-order valence-electron chi connectivity index (χ3n) is 4.84. The number of rotatable bonds is 6. The van der Waals surface area contributed by atoms with Crippen molar-refractivity contribution in [3.8, 4) is 0 Å². The number of amides is 1. The van der Waals surface area contributed by atoms with Crippen LogP contribution < -0.4 is 4.90 Å². The fraction of sp³-hybridized carbons (Fsp3) is 0.474. The van der Waals surface area contributed by atoms with E-state index in [0.29, 0.717) is 5.69 Å². The fourth-order valence-electron chi connectivity index (χ4n) is 3.02. The Morgan fingerprint density at radius 3 is 2.46 bits per heavy atom. The van der Waals surface area contributed by atoms with Crippen LogP contribution in [0.15, 0.2) is 36.9 Å². The first-order valence-electron chi connectivity index (χ1n) is 9.11. The zero-order valence-electron chi connectivity index (χ0n) is 15.5. The van der Waals surface area contributed by atoms with Crippen LogP contribution in [-0.4, -0.2) is 77.0 Å². The first-order chi connectivity index (χ1) is 12.7. The van der Waals surface area contributed by atoms with Crippen LogP contribution in [0.1, 0.15) is 23.0 Å². The van der Waals surface area contributed by atoms with Crippen LogP contribution in [0.2, 0.25) is 0 Å². The van der Waals surface area contributed by atoms with Gasteiger partial charge in [0.2, 0.25) is 0 Å². The number of carbonyl (C=O) groups excluding carboxylic acids is 1. The maximum atomic E-state index is 12.6. The Kier molecular flexibility index (Phi) is 6.12. The van der Waals surface area contributed by atoms with Gasteiger partial charge in [-0.05, 0) is 30.7 Å². The molecule has 0 N–H and O–H groups in total. The van der Waals surface area contributed by atoms with E-state index in [4.69, 9.17) is 0 Å². The molecule has 0 spiro atoms. The van der Waals surface area contributed by atoms with Crippen LogP contribution >= 0.6 is 0 Å². The third kappa shape index (κ3) is 4.54. The van der Waals surface area contributed by atoms with Crippen molar-refractivity contribution in [3.63, 3.8) is 0 Å². The molecule has 2 aromatic heterocycles. The Morgan fingerprint density at radius 1 is 1.12 bits per heavy atom.